The third-order valence-electron chi connectivity index (χ3n) is 3.23. The fourth-order valence-electron chi connectivity index (χ4n) is 2.14. The number of anilines is 1. The number of halogens is 4. The number of nitrogens with one attached hydrogen (secondary N) is 1. The lowest BCUT2D eigenvalue weighted by Crippen LogP contribution is -2.30. The maximum Gasteiger partial charge on any atom is 0.416 e. The van der Waals surface area contributed by atoms with Crippen molar-refractivity contribution in [1.29, 1.82) is 0 Å². The highest BCUT2D eigenvalue weighted by atomic mass is 35.5. The lowest BCUT2D eigenvalue weighted by Gasteiger charge is -2.26. The zero-order chi connectivity index (χ0) is 15.9. The van der Waals surface area contributed by atoms with Gasteiger partial charge in [-0.2, -0.15) is 13.2 Å². The van der Waals surface area contributed by atoms with Crippen LogP contribution in [-0.2, 0) is 11.0 Å². The highest BCUT2D eigenvalue weighted by molar-refractivity contribution is 6.30. The molecule has 22 heavy (non-hydrogen) atoms. The summed E-state index contributed by atoms with van der Waals surface area (Å²) in [5, 5.41) is 3.07. The van der Waals surface area contributed by atoms with E-state index in [-0.39, 0.29) is 0 Å². The third-order valence-corrected chi connectivity index (χ3v) is 3.46. The Balaban J connectivity index is 1.91. The molecule has 1 amide bonds. The number of carbonyl (C=O) groups excluding carboxylic acids is 1. The molecule has 2 aromatic rings. The van der Waals surface area contributed by atoms with E-state index < -0.39 is 23.8 Å². The Bertz CT molecular complexity index is 729. The van der Waals surface area contributed by atoms with Crippen molar-refractivity contribution >= 4 is 23.2 Å². The van der Waals surface area contributed by atoms with Crippen molar-refractivity contribution in [3.8, 4) is 5.75 Å². The molecule has 0 bridgehead atoms. The summed E-state index contributed by atoms with van der Waals surface area (Å²) in [5.74, 6) is -0.0772. The molecule has 0 aliphatic carbocycles. The van der Waals surface area contributed by atoms with Crippen LogP contribution in [0.25, 0.3) is 0 Å². The van der Waals surface area contributed by atoms with Crippen LogP contribution in [0.5, 0.6) is 5.75 Å². The van der Waals surface area contributed by atoms with Crippen molar-refractivity contribution in [3.63, 3.8) is 0 Å². The molecule has 1 N–H and O–H groups in total. The Labute approximate surface area is 128 Å². The van der Waals surface area contributed by atoms with Crippen LogP contribution >= 0.6 is 11.6 Å². The third kappa shape index (κ3) is 2.74. The molecule has 1 heterocycles. The number of fused-ring (bicyclic) bond motifs is 1. The monoisotopic (exact) mass is 327 g/mol. The number of rotatable bonds is 1. The Morgan fingerprint density at radius 3 is 2.41 bits per heavy atom. The molecule has 0 saturated carbocycles. The topological polar surface area (TPSA) is 38.3 Å². The standard InChI is InChI=1S/C15H9ClF3NO2/c16-10-5-6-11-12(7-10)22-13(14(21)20-11)8-1-3-9(4-2-8)15(17,18)19/h1-7,13H,(H,20,21). The molecule has 7 heteroatoms. The van der Waals surface area contributed by atoms with Crippen LogP contribution in [0, 0.1) is 0 Å². The van der Waals surface area contributed by atoms with E-state index in [1.807, 2.05) is 0 Å². The number of carbonyl (C=O) groups is 1. The fraction of sp³-hybridized carbons (Fsp3) is 0.133. The normalized spacial score (nSPS) is 17.5. The molecule has 0 radical (unpaired) electrons. The summed E-state index contributed by atoms with van der Waals surface area (Å²) in [4.78, 5) is 12.0. The Hall–Kier alpha value is -2.21. The van der Waals surface area contributed by atoms with Gasteiger partial charge in [0.1, 0.15) is 5.75 Å². The number of ether oxygens (including phenoxy) is 1. The fourth-order valence-corrected chi connectivity index (χ4v) is 2.30. The van der Waals surface area contributed by atoms with Crippen molar-refractivity contribution in [1.82, 2.24) is 0 Å². The van der Waals surface area contributed by atoms with Crippen molar-refractivity contribution in [2.45, 2.75) is 12.3 Å². The van der Waals surface area contributed by atoms with Crippen LogP contribution in [0.2, 0.25) is 5.02 Å². The molecule has 1 aliphatic heterocycles. The lowest BCUT2D eigenvalue weighted by molar-refractivity contribution is -0.137. The highest BCUT2D eigenvalue weighted by Crippen LogP contribution is 2.37. The maximum atomic E-state index is 12.6. The average Bonchev–Trinajstić information content (AvgIpc) is 2.46. The van der Waals surface area contributed by atoms with Gasteiger partial charge < -0.3 is 10.1 Å². The predicted molar refractivity (Wildman–Crippen MR) is 74.9 cm³/mol. The second-order valence-corrected chi connectivity index (χ2v) is 5.18. The quantitative estimate of drug-likeness (QED) is 0.841. The molecule has 3 nitrogen and oxygen atoms in total. The van der Waals surface area contributed by atoms with Gasteiger partial charge in [0, 0.05) is 16.7 Å². The van der Waals surface area contributed by atoms with E-state index in [9.17, 15) is 18.0 Å². The zero-order valence-corrected chi connectivity index (χ0v) is 11.7. The highest BCUT2D eigenvalue weighted by Gasteiger charge is 2.32. The number of amides is 1. The van der Waals surface area contributed by atoms with Gasteiger partial charge in [-0.05, 0) is 24.3 Å². The number of benzene rings is 2. The first-order valence-electron chi connectivity index (χ1n) is 6.29. The molecule has 0 saturated heterocycles. The van der Waals surface area contributed by atoms with E-state index in [1.165, 1.54) is 18.2 Å². The minimum absolute atomic E-state index is 0.330. The molecule has 0 aromatic heterocycles. The molecule has 0 fully saturated rings. The average molecular weight is 328 g/mol. The maximum absolute atomic E-state index is 12.6. The van der Waals surface area contributed by atoms with Gasteiger partial charge in [-0.3, -0.25) is 4.79 Å². The summed E-state index contributed by atoms with van der Waals surface area (Å²) in [5.41, 5.74) is 0.0181. The number of hydrogen-bond acceptors (Lipinski definition) is 2. The summed E-state index contributed by atoms with van der Waals surface area (Å²) >= 11 is 5.86. The van der Waals surface area contributed by atoms with E-state index in [0.29, 0.717) is 22.0 Å². The van der Waals surface area contributed by atoms with Gasteiger partial charge >= 0.3 is 6.18 Å². The van der Waals surface area contributed by atoms with Crippen LogP contribution in [-0.4, -0.2) is 5.91 Å². The Morgan fingerprint density at radius 2 is 1.77 bits per heavy atom. The Kier molecular flexibility index (Phi) is 3.48. The lowest BCUT2D eigenvalue weighted by atomic mass is 10.0. The molecular weight excluding hydrogens is 319 g/mol. The molecule has 1 aliphatic rings. The van der Waals surface area contributed by atoms with Gasteiger partial charge in [0.25, 0.3) is 5.91 Å². The van der Waals surface area contributed by atoms with Crippen LogP contribution in [0.4, 0.5) is 18.9 Å². The molecule has 114 valence electrons. The van der Waals surface area contributed by atoms with Crippen molar-refractivity contribution < 1.29 is 22.7 Å². The summed E-state index contributed by atoms with van der Waals surface area (Å²) in [7, 11) is 0. The molecule has 1 unspecified atom stereocenters. The largest absolute Gasteiger partial charge is 0.474 e. The predicted octanol–water partition coefficient (Wildman–Crippen LogP) is 4.43. The molecule has 2 aromatic carbocycles. The van der Waals surface area contributed by atoms with E-state index in [2.05, 4.69) is 5.32 Å². The van der Waals surface area contributed by atoms with Gasteiger partial charge in [-0.15, -0.1) is 0 Å². The summed E-state index contributed by atoms with van der Waals surface area (Å²) in [6, 6.07) is 9.01. The van der Waals surface area contributed by atoms with Gasteiger partial charge in [0.15, 0.2) is 0 Å². The minimum atomic E-state index is -4.42. The first-order chi connectivity index (χ1) is 10.3. The van der Waals surface area contributed by atoms with E-state index in [4.69, 9.17) is 16.3 Å². The van der Waals surface area contributed by atoms with E-state index >= 15 is 0 Å². The van der Waals surface area contributed by atoms with Gasteiger partial charge in [0.05, 0.1) is 11.3 Å². The summed E-state index contributed by atoms with van der Waals surface area (Å²) in [6.45, 7) is 0. The van der Waals surface area contributed by atoms with E-state index in [1.54, 1.807) is 12.1 Å². The first-order valence-corrected chi connectivity index (χ1v) is 6.66. The minimum Gasteiger partial charge on any atom is -0.474 e. The molecule has 0 spiro atoms. The molecule has 1 atom stereocenters. The second kappa shape index (κ2) is 5.21. The second-order valence-electron chi connectivity index (χ2n) is 4.75. The number of hydrogen-bond donors (Lipinski definition) is 1. The smallest absolute Gasteiger partial charge is 0.416 e. The van der Waals surface area contributed by atoms with E-state index in [0.717, 1.165) is 12.1 Å². The van der Waals surface area contributed by atoms with Crippen molar-refractivity contribution in [2.75, 3.05) is 5.32 Å². The number of alkyl halides is 3. The van der Waals surface area contributed by atoms with Crippen LogP contribution in [0.3, 0.4) is 0 Å². The van der Waals surface area contributed by atoms with Crippen LogP contribution in [0.1, 0.15) is 17.2 Å². The zero-order valence-electron chi connectivity index (χ0n) is 10.9. The van der Waals surface area contributed by atoms with Crippen LogP contribution in [0.15, 0.2) is 42.5 Å². The van der Waals surface area contributed by atoms with Gasteiger partial charge in [-0.1, -0.05) is 23.7 Å². The SMILES string of the molecule is O=C1Nc2ccc(Cl)cc2OC1c1ccc(C(F)(F)F)cc1. The Morgan fingerprint density at radius 1 is 1.09 bits per heavy atom. The van der Waals surface area contributed by atoms with Crippen LogP contribution < -0.4 is 10.1 Å². The van der Waals surface area contributed by atoms with Gasteiger partial charge in [-0.25, -0.2) is 0 Å². The summed E-state index contributed by atoms with van der Waals surface area (Å²) in [6.07, 6.45) is -5.44. The van der Waals surface area contributed by atoms with Crippen molar-refractivity contribution in [3.05, 3.63) is 58.6 Å². The first kappa shape index (κ1) is 14.7. The molecular formula is C15H9ClF3NO2. The van der Waals surface area contributed by atoms with Crippen molar-refractivity contribution in [2.24, 2.45) is 0 Å². The molecule has 3 rings (SSSR count). The summed E-state index contributed by atoms with van der Waals surface area (Å²) < 4.78 is 43.2. The van der Waals surface area contributed by atoms with Gasteiger partial charge in [0.2, 0.25) is 6.10 Å².